The number of alkyl halides is 3. The highest BCUT2D eigenvalue weighted by Gasteiger charge is 2.52. The number of ketones is 1. The third kappa shape index (κ3) is 5.55. The molecule has 0 aliphatic heterocycles. The van der Waals surface area contributed by atoms with Crippen LogP contribution in [-0.4, -0.2) is 28.9 Å². The maximum Gasteiger partial charge on any atom is 0.416 e. The Kier molecular flexibility index (Phi) is 7.26. The second-order valence-electron chi connectivity index (χ2n) is 10.5. The fourth-order valence-corrected chi connectivity index (χ4v) is 6.14. The van der Waals surface area contributed by atoms with Gasteiger partial charge in [0.05, 0.1) is 16.8 Å². The Morgan fingerprint density at radius 3 is 2.33 bits per heavy atom. The van der Waals surface area contributed by atoms with Crippen LogP contribution in [0.15, 0.2) is 73.8 Å². The maximum atomic E-state index is 13.5. The van der Waals surface area contributed by atoms with Crippen LogP contribution in [0.3, 0.4) is 0 Å². The van der Waals surface area contributed by atoms with Gasteiger partial charge in [-0.25, -0.2) is 17.6 Å². The SMILES string of the molecule is CC(C)n1c(=O)c(CCC(=O)C2(NS(=O)(=O)c3cc4cc(F)ccc4o3)CC2)cn(-c2ccc(C(F)(F)F)cc2)c1=O. The van der Waals surface area contributed by atoms with Gasteiger partial charge in [0.1, 0.15) is 11.4 Å². The number of hydrogen-bond donors (Lipinski definition) is 1. The van der Waals surface area contributed by atoms with Crippen LogP contribution in [-0.2, 0) is 27.4 Å². The van der Waals surface area contributed by atoms with E-state index in [1.165, 1.54) is 12.3 Å². The smallest absolute Gasteiger partial charge is 0.416 e. The molecule has 222 valence electrons. The number of carbonyl (C=O) groups is 1. The Hall–Kier alpha value is -4.04. The van der Waals surface area contributed by atoms with Gasteiger partial charge in [0.15, 0.2) is 5.78 Å². The highest BCUT2D eigenvalue weighted by atomic mass is 32.2. The normalized spacial score (nSPS) is 14.9. The number of fused-ring (bicyclic) bond motifs is 1. The van der Waals surface area contributed by atoms with E-state index in [2.05, 4.69) is 4.72 Å². The van der Waals surface area contributed by atoms with E-state index in [0.717, 1.165) is 51.6 Å². The van der Waals surface area contributed by atoms with E-state index in [0.29, 0.717) is 0 Å². The standard InChI is InChI=1S/C28H25F4N3O6S/c1-16(2)35-25(37)17(15-34(26(35)38)21-7-4-19(5-8-21)28(30,31)32)3-10-23(36)27(11-12-27)33-42(39,40)24-14-18-13-20(29)6-9-22(18)41-24/h4-9,13-16,33H,3,10-12H2,1-2H3. The zero-order chi connectivity index (χ0) is 30.6. The van der Waals surface area contributed by atoms with E-state index in [1.54, 1.807) is 13.8 Å². The molecule has 0 saturated heterocycles. The molecule has 1 saturated carbocycles. The Bertz CT molecular complexity index is 1920. The lowest BCUT2D eigenvalue weighted by Crippen LogP contribution is -2.44. The predicted octanol–water partition coefficient (Wildman–Crippen LogP) is 4.50. The van der Waals surface area contributed by atoms with Gasteiger partial charge >= 0.3 is 11.9 Å². The third-order valence-corrected chi connectivity index (χ3v) is 8.53. The van der Waals surface area contributed by atoms with Crippen LogP contribution >= 0.6 is 0 Å². The van der Waals surface area contributed by atoms with Crippen molar-refractivity contribution in [2.45, 2.75) is 62.4 Å². The topological polar surface area (TPSA) is 120 Å². The first kappa shape index (κ1) is 29.5. The van der Waals surface area contributed by atoms with E-state index in [9.17, 15) is 40.4 Å². The molecule has 5 rings (SSSR count). The summed E-state index contributed by atoms with van der Waals surface area (Å²) in [7, 11) is -4.30. The largest absolute Gasteiger partial charge is 0.443 e. The summed E-state index contributed by atoms with van der Waals surface area (Å²) in [5.74, 6) is -1.06. The number of aromatic nitrogens is 2. The lowest BCUT2D eigenvalue weighted by Gasteiger charge is -2.17. The van der Waals surface area contributed by atoms with Crippen molar-refractivity contribution in [2.24, 2.45) is 0 Å². The number of nitrogens with zero attached hydrogens (tertiary/aromatic N) is 2. The van der Waals surface area contributed by atoms with Gasteiger partial charge < -0.3 is 4.42 Å². The van der Waals surface area contributed by atoms with Gasteiger partial charge in [-0.1, -0.05) is 0 Å². The van der Waals surface area contributed by atoms with E-state index >= 15 is 0 Å². The molecule has 2 heterocycles. The predicted molar refractivity (Wildman–Crippen MR) is 143 cm³/mol. The second-order valence-corrected chi connectivity index (χ2v) is 12.1. The molecule has 9 nitrogen and oxygen atoms in total. The molecule has 0 radical (unpaired) electrons. The number of sulfonamides is 1. The Morgan fingerprint density at radius 1 is 1.07 bits per heavy atom. The van der Waals surface area contributed by atoms with Gasteiger partial charge in [-0.3, -0.25) is 18.7 Å². The summed E-state index contributed by atoms with van der Waals surface area (Å²) in [5, 5.41) is -0.248. The fourth-order valence-electron chi connectivity index (χ4n) is 4.73. The van der Waals surface area contributed by atoms with Crippen LogP contribution in [0.1, 0.15) is 50.3 Å². The third-order valence-electron chi connectivity index (χ3n) is 7.14. The van der Waals surface area contributed by atoms with Crippen LogP contribution < -0.4 is 16.0 Å². The minimum absolute atomic E-state index is 0.0505. The zero-order valence-electron chi connectivity index (χ0n) is 22.4. The Morgan fingerprint density at radius 2 is 1.74 bits per heavy atom. The van der Waals surface area contributed by atoms with Crippen molar-refractivity contribution >= 4 is 26.8 Å². The molecular weight excluding hydrogens is 582 g/mol. The summed E-state index contributed by atoms with van der Waals surface area (Å²) in [6, 6.07) is 7.92. The number of hydrogen-bond acceptors (Lipinski definition) is 6. The van der Waals surface area contributed by atoms with Crippen molar-refractivity contribution in [3.63, 3.8) is 0 Å². The monoisotopic (exact) mass is 607 g/mol. The van der Waals surface area contributed by atoms with Gasteiger partial charge in [0, 0.05) is 35.7 Å². The first-order valence-corrected chi connectivity index (χ1v) is 14.4. The van der Waals surface area contributed by atoms with Gasteiger partial charge in [0.2, 0.25) is 5.09 Å². The molecule has 0 bridgehead atoms. The van der Waals surface area contributed by atoms with Crippen molar-refractivity contribution in [3.05, 3.63) is 92.5 Å². The molecule has 1 N–H and O–H groups in total. The molecular formula is C28H25F4N3O6S. The van der Waals surface area contributed by atoms with E-state index in [-0.39, 0.29) is 47.9 Å². The summed E-state index contributed by atoms with van der Waals surface area (Å²) in [6.07, 6.45) is -3.38. The number of Topliss-reactive ketones (excluding diaryl/α,β-unsaturated/α-hetero) is 1. The average Bonchev–Trinajstić information content (AvgIpc) is 3.55. The van der Waals surface area contributed by atoms with Crippen LogP contribution in [0.5, 0.6) is 0 Å². The van der Waals surface area contributed by atoms with E-state index in [1.807, 2.05) is 0 Å². The molecule has 14 heteroatoms. The lowest BCUT2D eigenvalue weighted by molar-refractivity contribution is -0.137. The molecule has 1 aliphatic rings. The first-order valence-electron chi connectivity index (χ1n) is 12.9. The minimum atomic E-state index is -4.58. The minimum Gasteiger partial charge on any atom is -0.443 e. The van der Waals surface area contributed by atoms with E-state index in [4.69, 9.17) is 4.42 Å². The van der Waals surface area contributed by atoms with Crippen LogP contribution in [0.4, 0.5) is 17.6 Å². The fraction of sp³-hybridized carbons (Fsp3) is 0.321. The zero-order valence-corrected chi connectivity index (χ0v) is 23.2. The number of carbonyl (C=O) groups excluding carboxylic acids is 1. The maximum absolute atomic E-state index is 13.5. The highest BCUT2D eigenvalue weighted by Crippen LogP contribution is 2.39. The van der Waals surface area contributed by atoms with Crippen molar-refractivity contribution < 1.29 is 35.2 Å². The van der Waals surface area contributed by atoms with Gasteiger partial charge in [-0.05, 0) is 75.6 Å². The van der Waals surface area contributed by atoms with Gasteiger partial charge in [0.25, 0.3) is 15.6 Å². The molecule has 0 spiro atoms. The summed E-state index contributed by atoms with van der Waals surface area (Å²) in [5.41, 5.74) is -3.46. The number of aryl methyl sites for hydroxylation is 1. The quantitative estimate of drug-likeness (QED) is 0.280. The highest BCUT2D eigenvalue weighted by molar-refractivity contribution is 7.89. The Balaban J connectivity index is 1.39. The number of halogens is 4. The van der Waals surface area contributed by atoms with Crippen molar-refractivity contribution in [1.29, 1.82) is 0 Å². The number of benzene rings is 2. The van der Waals surface area contributed by atoms with Crippen molar-refractivity contribution in [1.82, 2.24) is 13.9 Å². The number of rotatable bonds is 9. The molecule has 0 unspecified atom stereocenters. The number of nitrogens with one attached hydrogen (secondary N) is 1. The second kappa shape index (κ2) is 10.3. The summed E-state index contributed by atoms with van der Waals surface area (Å²) >= 11 is 0. The van der Waals surface area contributed by atoms with E-state index < -0.39 is 61.3 Å². The summed E-state index contributed by atoms with van der Waals surface area (Å²) in [4.78, 5) is 39.4. The molecule has 0 atom stereocenters. The molecule has 0 amide bonds. The van der Waals surface area contributed by atoms with Gasteiger partial charge in [-0.15, -0.1) is 0 Å². The number of furan rings is 1. The van der Waals surface area contributed by atoms with Crippen LogP contribution in [0.25, 0.3) is 16.7 Å². The first-order chi connectivity index (χ1) is 19.6. The molecule has 1 fully saturated rings. The van der Waals surface area contributed by atoms with Crippen LogP contribution in [0, 0.1) is 5.82 Å². The average molecular weight is 608 g/mol. The molecule has 1 aliphatic carbocycles. The molecule has 42 heavy (non-hydrogen) atoms. The summed E-state index contributed by atoms with van der Waals surface area (Å²) < 4.78 is 88.3. The molecule has 2 aromatic heterocycles. The Labute approximate surface area is 236 Å². The van der Waals surface area contributed by atoms with Crippen molar-refractivity contribution in [2.75, 3.05) is 0 Å². The molecule has 4 aromatic rings. The van der Waals surface area contributed by atoms with Gasteiger partial charge in [-0.2, -0.15) is 17.9 Å². The molecule has 2 aromatic carbocycles. The lowest BCUT2D eigenvalue weighted by atomic mass is 10.0. The summed E-state index contributed by atoms with van der Waals surface area (Å²) in [6.45, 7) is 3.19. The van der Waals surface area contributed by atoms with Crippen molar-refractivity contribution in [3.8, 4) is 5.69 Å². The van der Waals surface area contributed by atoms with Crippen LogP contribution in [0.2, 0.25) is 0 Å².